The molecular weight excluding hydrogens is 343 g/mol. The van der Waals surface area contributed by atoms with E-state index in [9.17, 15) is 0 Å². The summed E-state index contributed by atoms with van der Waals surface area (Å²) in [5, 5.41) is 0. The summed E-state index contributed by atoms with van der Waals surface area (Å²) in [4.78, 5) is 13.6. The molecule has 0 aliphatic rings. The molecule has 0 radical (unpaired) electrons. The maximum Gasteiger partial charge on any atom is 2.00 e. The van der Waals surface area contributed by atoms with E-state index >= 15 is 0 Å². The van der Waals surface area contributed by atoms with Crippen molar-refractivity contribution in [1.82, 2.24) is 19.9 Å². The number of aromatic nitrogens is 4. The fourth-order valence-electron chi connectivity index (χ4n) is 0.783. The van der Waals surface area contributed by atoms with Gasteiger partial charge in [0, 0.05) is 0 Å². The summed E-state index contributed by atoms with van der Waals surface area (Å²) in [5.41, 5.74) is 1.54. The van der Waals surface area contributed by atoms with Gasteiger partial charge in [0.15, 0.2) is 10.3 Å². The third-order valence-corrected chi connectivity index (χ3v) is 1.55. The maximum atomic E-state index is 4.91. The number of H-pyrrole nitrogens is 2. The molecule has 0 saturated heterocycles. The molecule has 0 aromatic carbocycles. The summed E-state index contributed by atoms with van der Waals surface area (Å²) in [5.74, 6) is 0. The van der Waals surface area contributed by atoms with Crippen LogP contribution >= 0.6 is 12.2 Å². The average Bonchev–Trinajstić information content (AvgIpc) is 2.36. The minimum atomic E-state index is 0. The number of nitrogens with zero attached hydrogens (tertiary/aromatic N) is 2. The number of hydrogen-bond donors (Lipinski definition) is 2. The van der Waals surface area contributed by atoms with Crippen molar-refractivity contribution < 1.29 is 21.1 Å². The van der Waals surface area contributed by atoms with Gasteiger partial charge in [-0.25, -0.2) is 9.97 Å². The molecule has 0 unspecified atom stereocenters. The Bertz CT molecular complexity index is 406. The first-order valence-corrected chi connectivity index (χ1v) is 3.15. The molecule has 0 aliphatic carbocycles. The summed E-state index contributed by atoms with van der Waals surface area (Å²) in [6.07, 6.45) is 3.12. The molecule has 2 heterocycles. The average molecular weight is 347 g/mol. The molecule has 0 bridgehead atoms. The van der Waals surface area contributed by atoms with Crippen LogP contribution in [0, 0.1) is 4.64 Å². The number of aromatic amines is 2. The SMILES string of the molecule is S=c1nc[nH]c2nc[nH]c12.[Pt+2]. The predicted octanol–water partition coefficient (Wildman–Crippen LogP) is 1.01. The third kappa shape index (κ3) is 1.39. The van der Waals surface area contributed by atoms with Crippen LogP contribution in [0.25, 0.3) is 11.2 Å². The number of nitrogens with one attached hydrogen (secondary N) is 2. The normalized spacial score (nSPS) is 9.45. The van der Waals surface area contributed by atoms with Gasteiger partial charge in [0.05, 0.1) is 12.7 Å². The molecule has 2 rings (SSSR count). The summed E-state index contributed by atoms with van der Waals surface area (Å²) >= 11 is 4.91. The maximum absolute atomic E-state index is 4.91. The third-order valence-electron chi connectivity index (χ3n) is 1.24. The molecule has 4 nitrogen and oxygen atoms in total. The summed E-state index contributed by atoms with van der Waals surface area (Å²) < 4.78 is 0.547. The second kappa shape index (κ2) is 3.24. The largest absolute Gasteiger partial charge is 2.00 e. The van der Waals surface area contributed by atoms with E-state index in [0.717, 1.165) is 11.2 Å². The van der Waals surface area contributed by atoms with Crippen LogP contribution in [0.5, 0.6) is 0 Å². The molecule has 0 spiro atoms. The number of imidazole rings is 1. The Balaban J connectivity index is 0.000000605. The first-order valence-electron chi connectivity index (χ1n) is 2.75. The Morgan fingerprint density at radius 2 is 1.91 bits per heavy atom. The van der Waals surface area contributed by atoms with Gasteiger partial charge >= 0.3 is 21.1 Å². The second-order valence-corrected chi connectivity index (χ2v) is 2.22. The van der Waals surface area contributed by atoms with Crippen LogP contribution in [-0.2, 0) is 21.1 Å². The zero-order valence-electron chi connectivity index (χ0n) is 5.27. The van der Waals surface area contributed by atoms with E-state index in [4.69, 9.17) is 12.2 Å². The standard InChI is InChI=1S/C5H4N4S.Pt/c10-5-3-4(7-1-6-3)8-2-9-5;/h1-2H,(H2,6,7,8,9,10);/q;+2. The fourth-order valence-corrected chi connectivity index (χ4v) is 0.992. The van der Waals surface area contributed by atoms with Crippen molar-refractivity contribution in [1.29, 1.82) is 0 Å². The number of fused-ring (bicyclic) bond motifs is 1. The molecule has 6 heteroatoms. The molecule has 0 fully saturated rings. The number of rotatable bonds is 0. The van der Waals surface area contributed by atoms with E-state index in [1.54, 1.807) is 6.33 Å². The van der Waals surface area contributed by atoms with E-state index < -0.39 is 0 Å². The van der Waals surface area contributed by atoms with Gasteiger partial charge in [-0.3, -0.25) is 0 Å². The van der Waals surface area contributed by atoms with Crippen molar-refractivity contribution >= 4 is 23.4 Å². The van der Waals surface area contributed by atoms with Crippen molar-refractivity contribution in [3.05, 3.63) is 17.3 Å². The molecule has 0 aliphatic heterocycles. The van der Waals surface area contributed by atoms with Gasteiger partial charge in [-0.05, 0) is 0 Å². The first kappa shape index (κ1) is 8.55. The molecule has 2 aromatic rings. The Kier molecular flexibility index (Phi) is 2.52. The molecule has 2 aromatic heterocycles. The van der Waals surface area contributed by atoms with Gasteiger partial charge in [0.1, 0.15) is 5.52 Å². The van der Waals surface area contributed by atoms with Crippen LogP contribution in [0.15, 0.2) is 12.7 Å². The van der Waals surface area contributed by atoms with Gasteiger partial charge in [-0.1, -0.05) is 12.2 Å². The molecule has 0 amide bonds. The molecule has 0 atom stereocenters. The van der Waals surface area contributed by atoms with E-state index in [0.29, 0.717) is 4.64 Å². The summed E-state index contributed by atoms with van der Waals surface area (Å²) in [6, 6.07) is 0. The zero-order chi connectivity index (χ0) is 6.97. The van der Waals surface area contributed by atoms with Crippen molar-refractivity contribution in [2.45, 2.75) is 0 Å². The van der Waals surface area contributed by atoms with Crippen LogP contribution < -0.4 is 0 Å². The van der Waals surface area contributed by atoms with E-state index in [1.165, 1.54) is 6.33 Å². The van der Waals surface area contributed by atoms with Crippen LogP contribution in [0.4, 0.5) is 0 Å². The smallest absolute Gasteiger partial charge is 0.341 e. The molecule has 2 N–H and O–H groups in total. The van der Waals surface area contributed by atoms with Crippen LogP contribution in [0.1, 0.15) is 0 Å². The molecule has 0 saturated carbocycles. The monoisotopic (exact) mass is 347 g/mol. The minimum Gasteiger partial charge on any atom is -0.341 e. The molecular formula is C5H4N4PtS+2. The topological polar surface area (TPSA) is 57.4 Å². The van der Waals surface area contributed by atoms with Gasteiger partial charge in [-0.2, -0.15) is 0 Å². The van der Waals surface area contributed by atoms with Crippen molar-refractivity contribution in [2.24, 2.45) is 0 Å². The molecule has 58 valence electrons. The predicted molar refractivity (Wildman–Crippen MR) is 39.1 cm³/mol. The van der Waals surface area contributed by atoms with Gasteiger partial charge in [0.2, 0.25) is 0 Å². The summed E-state index contributed by atoms with van der Waals surface area (Å²) in [7, 11) is 0. The van der Waals surface area contributed by atoms with Crippen LogP contribution in [0.2, 0.25) is 0 Å². The van der Waals surface area contributed by atoms with Gasteiger partial charge < -0.3 is 9.97 Å². The zero-order valence-corrected chi connectivity index (χ0v) is 8.36. The fraction of sp³-hybridized carbons (Fsp3) is 0. The van der Waals surface area contributed by atoms with E-state index in [1.807, 2.05) is 0 Å². The first-order chi connectivity index (χ1) is 4.88. The molecule has 11 heavy (non-hydrogen) atoms. The Labute approximate surface area is 81.7 Å². The van der Waals surface area contributed by atoms with Crippen LogP contribution in [0.3, 0.4) is 0 Å². The number of hydrogen-bond acceptors (Lipinski definition) is 3. The van der Waals surface area contributed by atoms with Crippen LogP contribution in [-0.4, -0.2) is 19.9 Å². The van der Waals surface area contributed by atoms with E-state index in [2.05, 4.69) is 19.9 Å². The van der Waals surface area contributed by atoms with Gasteiger partial charge in [-0.15, -0.1) is 0 Å². The summed E-state index contributed by atoms with van der Waals surface area (Å²) in [6.45, 7) is 0. The van der Waals surface area contributed by atoms with Crippen molar-refractivity contribution in [3.63, 3.8) is 0 Å². The minimum absolute atomic E-state index is 0. The Morgan fingerprint density at radius 3 is 2.64 bits per heavy atom. The Morgan fingerprint density at radius 1 is 1.18 bits per heavy atom. The van der Waals surface area contributed by atoms with Crippen molar-refractivity contribution in [3.8, 4) is 0 Å². The Hall–Kier alpha value is -0.542. The second-order valence-electron chi connectivity index (χ2n) is 1.83. The van der Waals surface area contributed by atoms with Gasteiger partial charge in [0.25, 0.3) is 0 Å². The van der Waals surface area contributed by atoms with E-state index in [-0.39, 0.29) is 21.1 Å². The quantitative estimate of drug-likeness (QED) is 0.700. The van der Waals surface area contributed by atoms with Crippen molar-refractivity contribution in [2.75, 3.05) is 0 Å².